The minimum Gasteiger partial charge on any atom is -0.508 e. The fourth-order valence-corrected chi connectivity index (χ4v) is 5.79. The van der Waals surface area contributed by atoms with Gasteiger partial charge in [0, 0.05) is 27.1 Å². The van der Waals surface area contributed by atoms with E-state index in [9.17, 15) is 20.4 Å². The van der Waals surface area contributed by atoms with E-state index in [0.29, 0.717) is 16.3 Å². The number of aldehydes is 1. The normalized spacial score (nSPS) is 12.3. The van der Waals surface area contributed by atoms with Crippen LogP contribution in [0.2, 0.25) is 0 Å². The van der Waals surface area contributed by atoms with Crippen molar-refractivity contribution in [3.63, 3.8) is 0 Å². The fraction of sp³-hybridized carbons (Fsp3) is 0. The van der Waals surface area contributed by atoms with Crippen molar-refractivity contribution in [3.05, 3.63) is 113 Å². The molecule has 0 radical (unpaired) electrons. The van der Waals surface area contributed by atoms with Crippen molar-refractivity contribution in [1.29, 1.82) is 10.5 Å². The molecule has 0 bridgehead atoms. The van der Waals surface area contributed by atoms with Crippen molar-refractivity contribution in [2.24, 2.45) is 9.98 Å². The van der Waals surface area contributed by atoms with Gasteiger partial charge in [0.1, 0.15) is 12.0 Å². The van der Waals surface area contributed by atoms with Crippen LogP contribution in [0.5, 0.6) is 5.75 Å². The predicted octanol–water partition coefficient (Wildman–Crippen LogP) is 6.79. The van der Waals surface area contributed by atoms with Crippen LogP contribution in [0.15, 0.2) is 107 Å². The van der Waals surface area contributed by atoms with Gasteiger partial charge in [-0.15, -0.1) is 0 Å². The number of nitriles is 2. The topological polar surface area (TPSA) is 110 Å². The Morgan fingerprint density at radius 1 is 0.512 bits per heavy atom. The van der Waals surface area contributed by atoms with E-state index in [2.05, 4.69) is 9.98 Å². The van der Waals surface area contributed by atoms with E-state index in [1.54, 1.807) is 24.3 Å². The molecule has 0 fully saturated rings. The monoisotopic (exact) mass is 526 g/mol. The number of phenols is 1. The highest BCUT2D eigenvalue weighted by Crippen LogP contribution is 2.35. The number of nitrogens with zero attached hydrogens (tertiary/aromatic N) is 4. The second-order valence-electron chi connectivity index (χ2n) is 9.87. The van der Waals surface area contributed by atoms with E-state index in [0.717, 1.165) is 71.6 Å². The van der Waals surface area contributed by atoms with Crippen LogP contribution in [0.1, 0.15) is 10.4 Å². The lowest BCUT2D eigenvalue weighted by Crippen LogP contribution is -1.99. The highest BCUT2D eigenvalue weighted by atomic mass is 16.3. The molecule has 41 heavy (non-hydrogen) atoms. The summed E-state index contributed by atoms with van der Waals surface area (Å²) in [5, 5.41) is 37.2. The van der Waals surface area contributed by atoms with Crippen molar-refractivity contribution in [2.45, 2.75) is 0 Å². The number of fused-ring (bicyclic) bond motifs is 6. The fourth-order valence-electron chi connectivity index (χ4n) is 5.79. The summed E-state index contributed by atoms with van der Waals surface area (Å²) in [7, 11) is 0. The Bertz CT molecular complexity index is 2400. The minimum atomic E-state index is 0.196. The van der Waals surface area contributed by atoms with Gasteiger partial charge in [0.05, 0.1) is 10.7 Å². The maximum absolute atomic E-state index is 11.1. The smallest absolute Gasteiger partial charge is 0.206 e. The summed E-state index contributed by atoms with van der Waals surface area (Å²) in [4.78, 5) is 19.6. The van der Waals surface area contributed by atoms with Crippen molar-refractivity contribution in [2.75, 3.05) is 0 Å². The molecular weight excluding hydrogens is 508 g/mol. The van der Waals surface area contributed by atoms with Crippen molar-refractivity contribution < 1.29 is 9.90 Å². The van der Waals surface area contributed by atoms with Crippen LogP contribution in [-0.4, -0.2) is 11.4 Å². The number of rotatable bonds is 3. The van der Waals surface area contributed by atoms with Gasteiger partial charge in [-0.2, -0.15) is 20.5 Å². The van der Waals surface area contributed by atoms with Gasteiger partial charge < -0.3 is 5.11 Å². The van der Waals surface area contributed by atoms with Crippen molar-refractivity contribution in [3.8, 4) is 40.4 Å². The SMILES string of the molecule is N#C/N=c1\c2cc(-c3ccc(O)cc3)ccc2c2cc3/c(=N/C#N)c4cc(-c5ccc(C=O)cc5)ccc4c3cc12. The molecule has 7 aromatic rings. The molecule has 0 aliphatic carbocycles. The number of hydrogen-bond acceptors (Lipinski definition) is 6. The molecule has 0 spiro atoms. The highest BCUT2D eigenvalue weighted by molar-refractivity contribution is 6.21. The Balaban J connectivity index is 1.52. The maximum atomic E-state index is 11.1. The van der Waals surface area contributed by atoms with Crippen molar-refractivity contribution >= 4 is 49.4 Å². The molecule has 0 aliphatic rings. The molecule has 1 N–H and O–H groups in total. The van der Waals surface area contributed by atoms with Crippen LogP contribution >= 0.6 is 0 Å². The third-order valence-electron chi connectivity index (χ3n) is 7.70. The van der Waals surface area contributed by atoms with Crippen LogP contribution < -0.4 is 10.7 Å². The van der Waals surface area contributed by atoms with Gasteiger partial charge in [-0.3, -0.25) is 4.79 Å². The molecule has 0 unspecified atom stereocenters. The summed E-state index contributed by atoms with van der Waals surface area (Å²) < 4.78 is 0. The van der Waals surface area contributed by atoms with Gasteiger partial charge in [0.15, 0.2) is 0 Å². The number of hydrogen-bond donors (Lipinski definition) is 1. The average Bonchev–Trinajstić information content (AvgIpc) is 3.48. The number of carbonyl (C=O) groups excluding carboxylic acids is 1. The second-order valence-corrected chi connectivity index (χ2v) is 9.87. The molecule has 190 valence electrons. The van der Waals surface area contributed by atoms with Crippen LogP contribution in [0.25, 0.3) is 65.3 Å². The van der Waals surface area contributed by atoms with Crippen LogP contribution in [0, 0.1) is 22.9 Å². The zero-order valence-electron chi connectivity index (χ0n) is 21.5. The molecule has 0 aromatic heterocycles. The molecule has 7 aromatic carbocycles. The Labute approximate surface area is 233 Å². The van der Waals surface area contributed by atoms with E-state index in [4.69, 9.17) is 0 Å². The van der Waals surface area contributed by atoms with Crippen LogP contribution in [0.4, 0.5) is 0 Å². The van der Waals surface area contributed by atoms with Gasteiger partial charge >= 0.3 is 0 Å². The zero-order chi connectivity index (χ0) is 28.1. The van der Waals surface area contributed by atoms with E-state index in [-0.39, 0.29) is 5.75 Å². The Kier molecular flexibility index (Phi) is 5.42. The third-order valence-corrected chi connectivity index (χ3v) is 7.70. The predicted molar refractivity (Wildman–Crippen MR) is 159 cm³/mol. The first-order chi connectivity index (χ1) is 20.1. The zero-order valence-corrected chi connectivity index (χ0v) is 21.5. The number of aromatic hydroxyl groups is 1. The van der Waals surface area contributed by atoms with Crippen LogP contribution in [-0.2, 0) is 0 Å². The minimum absolute atomic E-state index is 0.196. The van der Waals surface area contributed by atoms with E-state index in [1.165, 1.54) is 0 Å². The summed E-state index contributed by atoms with van der Waals surface area (Å²) in [5.74, 6) is 0.196. The molecule has 6 nitrogen and oxygen atoms in total. The Morgan fingerprint density at radius 3 is 1.37 bits per heavy atom. The van der Waals surface area contributed by atoms with Gasteiger partial charge in [0.25, 0.3) is 0 Å². The molecule has 0 atom stereocenters. The highest BCUT2D eigenvalue weighted by Gasteiger charge is 2.16. The number of phenolic OH excluding ortho intramolecular Hbond substituents is 1. The quantitative estimate of drug-likeness (QED) is 0.202. The van der Waals surface area contributed by atoms with E-state index < -0.39 is 0 Å². The van der Waals surface area contributed by atoms with Crippen LogP contribution in [0.3, 0.4) is 0 Å². The molecular formula is C35H18N4O2. The number of benzene rings is 5. The standard InChI is InChI=1S/C35H18N4O2/c36-18-38-34-30-13-23(21-3-1-20(17-40)2-4-21)7-11-26(30)28-15-33-29(16-32(28)34)27-12-8-24(14-31(27)35(33)39-19-37)22-5-9-25(41)10-6-22/h1-17,41H/b38-34+,39-35+. The molecule has 0 aliphatic heterocycles. The summed E-state index contributed by atoms with van der Waals surface area (Å²) in [5.41, 5.74) is 4.39. The maximum Gasteiger partial charge on any atom is 0.206 e. The Hall–Kier alpha value is -6.11. The lowest BCUT2D eigenvalue weighted by molar-refractivity contribution is 0.112. The number of carbonyl (C=O) groups is 1. The summed E-state index contributed by atoms with van der Waals surface area (Å²) in [6, 6.07) is 30.5. The third kappa shape index (κ3) is 3.75. The first-order valence-electron chi connectivity index (χ1n) is 12.9. The largest absolute Gasteiger partial charge is 0.508 e. The van der Waals surface area contributed by atoms with Gasteiger partial charge in [-0.1, -0.05) is 60.7 Å². The van der Waals surface area contributed by atoms with E-state index >= 15 is 0 Å². The Morgan fingerprint density at radius 2 is 0.927 bits per heavy atom. The summed E-state index contributed by atoms with van der Waals surface area (Å²) in [6.45, 7) is 0. The van der Waals surface area contributed by atoms with Gasteiger partial charge in [-0.25, -0.2) is 0 Å². The molecule has 7 rings (SSSR count). The van der Waals surface area contributed by atoms with E-state index in [1.807, 2.05) is 85.2 Å². The second kappa shape index (κ2) is 9.27. The van der Waals surface area contributed by atoms with Crippen molar-refractivity contribution in [1.82, 2.24) is 0 Å². The lowest BCUT2D eigenvalue weighted by Gasteiger charge is -2.03. The first kappa shape index (κ1) is 24.0. The average molecular weight is 527 g/mol. The van der Waals surface area contributed by atoms with Gasteiger partial charge in [-0.05, 0) is 80.2 Å². The lowest BCUT2D eigenvalue weighted by atomic mass is 10.0. The summed E-state index contributed by atoms with van der Waals surface area (Å²) in [6.07, 6.45) is 4.77. The molecule has 0 heterocycles. The molecule has 0 saturated carbocycles. The molecule has 6 heteroatoms. The first-order valence-corrected chi connectivity index (χ1v) is 12.9. The molecule has 0 saturated heterocycles. The summed E-state index contributed by atoms with van der Waals surface area (Å²) >= 11 is 0. The molecule has 0 amide bonds. The van der Waals surface area contributed by atoms with Gasteiger partial charge in [0.2, 0.25) is 12.4 Å².